The third-order valence-corrected chi connectivity index (χ3v) is 5.96. The summed E-state index contributed by atoms with van der Waals surface area (Å²) in [7, 11) is 1.63. The lowest BCUT2D eigenvalue weighted by Gasteiger charge is -2.37. The van der Waals surface area contributed by atoms with E-state index in [4.69, 9.17) is 10.5 Å². The minimum Gasteiger partial charge on any atom is -0.495 e. The van der Waals surface area contributed by atoms with Crippen molar-refractivity contribution >= 4 is 34.6 Å². The molecule has 2 aromatic carbocycles. The van der Waals surface area contributed by atoms with E-state index in [-0.39, 0.29) is 0 Å². The van der Waals surface area contributed by atoms with Crippen LogP contribution in [0.25, 0.3) is 0 Å². The highest BCUT2D eigenvalue weighted by Crippen LogP contribution is 2.44. The Bertz CT molecular complexity index is 1210. The van der Waals surface area contributed by atoms with Gasteiger partial charge in [0.05, 0.1) is 12.8 Å². The largest absolute Gasteiger partial charge is 0.495 e. The van der Waals surface area contributed by atoms with Gasteiger partial charge in [-0.25, -0.2) is 9.97 Å². The van der Waals surface area contributed by atoms with Gasteiger partial charge in [0.25, 0.3) is 0 Å². The fourth-order valence-electron chi connectivity index (χ4n) is 4.32. The molecule has 168 valence electrons. The van der Waals surface area contributed by atoms with Gasteiger partial charge in [-0.2, -0.15) is 0 Å². The van der Waals surface area contributed by atoms with E-state index < -0.39 is 5.91 Å². The van der Waals surface area contributed by atoms with Gasteiger partial charge in [0.15, 0.2) is 11.6 Å². The number of benzene rings is 2. The van der Waals surface area contributed by atoms with Crippen LogP contribution in [0.3, 0.4) is 0 Å². The molecular weight excluding hydrogens is 418 g/mol. The second-order valence-electron chi connectivity index (χ2n) is 7.86. The van der Waals surface area contributed by atoms with Crippen LogP contribution in [0.1, 0.15) is 10.4 Å². The number of methoxy groups -OCH3 is 1. The minimum atomic E-state index is -0.455. The van der Waals surface area contributed by atoms with Crippen molar-refractivity contribution in [2.45, 2.75) is 0 Å². The van der Waals surface area contributed by atoms with Crippen LogP contribution in [0.15, 0.2) is 67.3 Å². The van der Waals surface area contributed by atoms with E-state index >= 15 is 0 Å². The number of anilines is 5. The summed E-state index contributed by atoms with van der Waals surface area (Å²) in [5.74, 6) is 2.63. The Hall–Kier alpha value is -4.27. The Morgan fingerprint density at radius 2 is 1.73 bits per heavy atom. The van der Waals surface area contributed by atoms with Crippen LogP contribution in [0.2, 0.25) is 0 Å². The summed E-state index contributed by atoms with van der Waals surface area (Å²) in [5, 5.41) is 3.37. The van der Waals surface area contributed by atoms with Crippen LogP contribution in [0.5, 0.6) is 5.75 Å². The monoisotopic (exact) mass is 443 g/mol. The van der Waals surface area contributed by atoms with E-state index in [0.29, 0.717) is 11.3 Å². The molecule has 3 aromatic rings. The molecule has 33 heavy (non-hydrogen) atoms. The number of fused-ring (bicyclic) bond motifs is 1. The summed E-state index contributed by atoms with van der Waals surface area (Å²) in [5.41, 5.74) is 8.65. The number of ether oxygens (including phenoxy) is 1. The molecule has 0 atom stereocenters. The van der Waals surface area contributed by atoms with Gasteiger partial charge < -0.3 is 25.6 Å². The third kappa shape index (κ3) is 3.67. The summed E-state index contributed by atoms with van der Waals surface area (Å²) in [6.07, 6.45) is 1.59. The van der Waals surface area contributed by atoms with Crippen molar-refractivity contribution < 1.29 is 9.53 Å². The maximum atomic E-state index is 11.7. The Labute approximate surface area is 192 Å². The summed E-state index contributed by atoms with van der Waals surface area (Å²) in [6, 6.07) is 15.3. The van der Waals surface area contributed by atoms with Gasteiger partial charge in [-0.1, -0.05) is 24.8 Å². The number of carbonyl (C=O) groups is 1. The van der Waals surface area contributed by atoms with Crippen LogP contribution < -0.4 is 30.5 Å². The molecular formula is C24H25N7O2. The lowest BCUT2D eigenvalue weighted by atomic mass is 10.1. The molecule has 9 heteroatoms. The number of nitrogens with zero attached hydrogens (tertiary/aromatic N) is 5. The first kappa shape index (κ1) is 20.6. The summed E-state index contributed by atoms with van der Waals surface area (Å²) >= 11 is 0. The average Bonchev–Trinajstić information content (AvgIpc) is 3.20. The van der Waals surface area contributed by atoms with Crippen molar-refractivity contribution in [2.75, 3.05) is 53.3 Å². The molecule has 1 fully saturated rings. The van der Waals surface area contributed by atoms with E-state index in [1.807, 2.05) is 35.2 Å². The summed E-state index contributed by atoms with van der Waals surface area (Å²) in [6.45, 7) is 7.13. The van der Waals surface area contributed by atoms with Crippen LogP contribution in [0, 0.1) is 0 Å². The molecule has 0 unspecified atom stereocenters. The van der Waals surface area contributed by atoms with Gasteiger partial charge in [0.2, 0.25) is 5.91 Å². The quantitative estimate of drug-likeness (QED) is 0.621. The Kier molecular flexibility index (Phi) is 5.21. The molecule has 3 heterocycles. The number of hydrogen-bond donors (Lipinski definition) is 2. The first-order chi connectivity index (χ1) is 16.1. The van der Waals surface area contributed by atoms with Gasteiger partial charge >= 0.3 is 0 Å². The van der Waals surface area contributed by atoms with Crippen molar-refractivity contribution in [1.82, 2.24) is 9.97 Å². The van der Waals surface area contributed by atoms with Crippen LogP contribution in [-0.2, 0) is 0 Å². The summed E-state index contributed by atoms with van der Waals surface area (Å²) in [4.78, 5) is 27.2. The number of carbonyl (C=O) groups excluding carboxylic acids is 1. The second kappa shape index (κ2) is 8.34. The lowest BCUT2D eigenvalue weighted by molar-refractivity contribution is 0.100. The number of piperazine rings is 1. The zero-order valence-electron chi connectivity index (χ0n) is 18.4. The van der Waals surface area contributed by atoms with Crippen molar-refractivity contribution in [2.24, 2.45) is 5.73 Å². The number of primary amides is 1. The van der Waals surface area contributed by atoms with Gasteiger partial charge in [-0.3, -0.25) is 9.69 Å². The molecule has 0 radical (unpaired) electrons. The van der Waals surface area contributed by atoms with Crippen LogP contribution in [0.4, 0.5) is 28.7 Å². The molecule has 0 bridgehead atoms. The molecule has 1 saturated heterocycles. The molecule has 5 rings (SSSR count). The van der Waals surface area contributed by atoms with Crippen LogP contribution >= 0.6 is 0 Å². The van der Waals surface area contributed by atoms with Crippen molar-refractivity contribution in [3.05, 3.63) is 72.8 Å². The highest BCUT2D eigenvalue weighted by molar-refractivity contribution is 5.94. The highest BCUT2D eigenvalue weighted by Gasteiger charge is 2.31. The maximum Gasteiger partial charge on any atom is 0.248 e. The van der Waals surface area contributed by atoms with Gasteiger partial charge in [-0.05, 0) is 30.3 Å². The fourth-order valence-corrected chi connectivity index (χ4v) is 4.32. The first-order valence-electron chi connectivity index (χ1n) is 10.7. The number of amides is 1. The molecule has 1 aromatic heterocycles. The molecule has 1 amide bonds. The van der Waals surface area contributed by atoms with E-state index in [0.717, 1.165) is 60.7 Å². The SMILES string of the molecule is C=C1Nc2c(N3CCN(c4cc(C(N)=O)ccc4OC)CC3)ncnc2N1c1ccccc1. The topological polar surface area (TPSA) is 99.8 Å². The number of nitrogens with two attached hydrogens (primary N) is 1. The molecule has 3 N–H and O–H groups in total. The Morgan fingerprint density at radius 1 is 1.03 bits per heavy atom. The van der Waals surface area contributed by atoms with Crippen LogP contribution in [-0.4, -0.2) is 49.2 Å². The molecule has 0 spiro atoms. The van der Waals surface area contributed by atoms with Crippen molar-refractivity contribution in [1.29, 1.82) is 0 Å². The molecule has 0 aliphatic carbocycles. The summed E-state index contributed by atoms with van der Waals surface area (Å²) < 4.78 is 5.52. The molecule has 9 nitrogen and oxygen atoms in total. The maximum absolute atomic E-state index is 11.7. The van der Waals surface area contributed by atoms with E-state index in [9.17, 15) is 4.79 Å². The zero-order chi connectivity index (χ0) is 22.9. The second-order valence-corrected chi connectivity index (χ2v) is 7.86. The predicted molar refractivity (Wildman–Crippen MR) is 129 cm³/mol. The average molecular weight is 444 g/mol. The van der Waals surface area contributed by atoms with Gasteiger partial charge in [-0.15, -0.1) is 0 Å². The number of nitrogens with one attached hydrogen (secondary N) is 1. The predicted octanol–water partition coefficient (Wildman–Crippen LogP) is 2.95. The van der Waals surface area contributed by atoms with E-state index in [1.165, 1.54) is 0 Å². The lowest BCUT2D eigenvalue weighted by Crippen LogP contribution is -2.47. The van der Waals surface area contributed by atoms with E-state index in [2.05, 4.69) is 31.7 Å². The molecule has 2 aliphatic rings. The van der Waals surface area contributed by atoms with E-state index in [1.54, 1.807) is 31.6 Å². The zero-order valence-corrected chi connectivity index (χ0v) is 18.4. The minimum absolute atomic E-state index is 0.455. The number of para-hydroxylation sites is 1. The first-order valence-corrected chi connectivity index (χ1v) is 10.7. The standard InChI is InChI=1S/C24H25N7O2/c1-16-28-21-23(26-15-27-24(21)31(16)18-6-4-3-5-7-18)30-12-10-29(11-13-30)19-14-17(22(25)32)8-9-20(19)33-2/h3-9,14-15,28H,1,10-13H2,2H3,(H2,25,32). The van der Waals surface area contributed by atoms with Gasteiger partial charge in [0.1, 0.15) is 23.6 Å². The molecule has 2 aliphatic heterocycles. The number of aromatic nitrogens is 2. The highest BCUT2D eigenvalue weighted by atomic mass is 16.5. The number of hydrogen-bond acceptors (Lipinski definition) is 8. The third-order valence-electron chi connectivity index (χ3n) is 5.96. The van der Waals surface area contributed by atoms with Crippen molar-refractivity contribution in [3.63, 3.8) is 0 Å². The fraction of sp³-hybridized carbons (Fsp3) is 0.208. The van der Waals surface area contributed by atoms with Gasteiger partial charge in [0, 0.05) is 37.4 Å². The smallest absolute Gasteiger partial charge is 0.248 e. The Balaban J connectivity index is 1.38. The molecule has 0 saturated carbocycles. The Morgan fingerprint density at radius 3 is 2.42 bits per heavy atom. The normalized spacial score (nSPS) is 15.3. The van der Waals surface area contributed by atoms with Crippen molar-refractivity contribution in [3.8, 4) is 5.75 Å². The number of rotatable bonds is 5.